The summed E-state index contributed by atoms with van der Waals surface area (Å²) in [5.41, 5.74) is 1.87. The molecule has 0 aliphatic rings. The van der Waals surface area contributed by atoms with Gasteiger partial charge in [0, 0.05) is 28.9 Å². The van der Waals surface area contributed by atoms with Gasteiger partial charge in [0.05, 0.1) is 10.7 Å². The first-order valence-electron chi connectivity index (χ1n) is 6.54. The predicted molar refractivity (Wildman–Crippen MR) is 84.6 cm³/mol. The van der Waals surface area contributed by atoms with Crippen molar-refractivity contribution in [1.29, 1.82) is 0 Å². The quantitative estimate of drug-likeness (QED) is 0.884. The fourth-order valence-electron chi connectivity index (χ4n) is 1.68. The second-order valence-corrected chi connectivity index (χ2v) is 6.25. The van der Waals surface area contributed by atoms with Crippen LogP contribution in [0.2, 0.25) is 5.02 Å². The van der Waals surface area contributed by atoms with E-state index in [2.05, 4.69) is 29.5 Å². The summed E-state index contributed by atoms with van der Waals surface area (Å²) in [5, 5.41) is 6.59. The van der Waals surface area contributed by atoms with Crippen LogP contribution in [0.3, 0.4) is 0 Å². The highest BCUT2D eigenvalue weighted by Gasteiger charge is 2.08. The van der Waals surface area contributed by atoms with Gasteiger partial charge in [-0.15, -0.1) is 11.3 Å². The van der Waals surface area contributed by atoms with Crippen molar-refractivity contribution in [2.24, 2.45) is 0 Å². The van der Waals surface area contributed by atoms with E-state index in [1.54, 1.807) is 35.6 Å². The standard InChI is InChI=1S/C15H17ClN2OS/c1-10(2)13-9-20-15(18-13)8-7-14(19)17-12-5-3-11(16)4-6-12/h3-6,9-10H,7-8H2,1-2H3,(H,17,19). The molecule has 0 bridgehead atoms. The van der Waals surface area contributed by atoms with Gasteiger partial charge < -0.3 is 5.32 Å². The Hall–Kier alpha value is -1.39. The number of aryl methyl sites for hydroxylation is 1. The summed E-state index contributed by atoms with van der Waals surface area (Å²) in [5.74, 6) is 0.427. The molecule has 2 aromatic rings. The molecule has 0 aliphatic carbocycles. The third-order valence-corrected chi connectivity index (χ3v) is 4.03. The largest absolute Gasteiger partial charge is 0.326 e. The Labute approximate surface area is 128 Å². The van der Waals surface area contributed by atoms with Gasteiger partial charge in [0.15, 0.2) is 0 Å². The molecule has 3 nitrogen and oxygen atoms in total. The molecule has 0 saturated carbocycles. The van der Waals surface area contributed by atoms with Gasteiger partial charge in [-0.05, 0) is 30.2 Å². The van der Waals surface area contributed by atoms with Crippen molar-refractivity contribution in [1.82, 2.24) is 4.98 Å². The second-order valence-electron chi connectivity index (χ2n) is 4.88. The highest BCUT2D eigenvalue weighted by atomic mass is 35.5. The van der Waals surface area contributed by atoms with E-state index in [0.717, 1.165) is 16.4 Å². The van der Waals surface area contributed by atoms with E-state index < -0.39 is 0 Å². The second kappa shape index (κ2) is 6.86. The van der Waals surface area contributed by atoms with E-state index in [4.69, 9.17) is 11.6 Å². The smallest absolute Gasteiger partial charge is 0.224 e. The third-order valence-electron chi connectivity index (χ3n) is 2.85. The Morgan fingerprint density at radius 3 is 2.65 bits per heavy atom. The van der Waals surface area contributed by atoms with Gasteiger partial charge in [-0.1, -0.05) is 25.4 Å². The number of halogens is 1. The van der Waals surface area contributed by atoms with Crippen LogP contribution in [0.25, 0.3) is 0 Å². The van der Waals surface area contributed by atoms with Crippen LogP contribution in [0, 0.1) is 0 Å². The number of carbonyl (C=O) groups excluding carboxylic acids is 1. The summed E-state index contributed by atoms with van der Waals surface area (Å²) in [7, 11) is 0. The maximum Gasteiger partial charge on any atom is 0.224 e. The summed E-state index contributed by atoms with van der Waals surface area (Å²) < 4.78 is 0. The predicted octanol–water partition coefficient (Wildman–Crippen LogP) is 4.49. The molecule has 0 fully saturated rings. The molecule has 1 amide bonds. The van der Waals surface area contributed by atoms with Gasteiger partial charge >= 0.3 is 0 Å². The average Bonchev–Trinajstić information content (AvgIpc) is 2.88. The van der Waals surface area contributed by atoms with E-state index in [-0.39, 0.29) is 5.91 Å². The van der Waals surface area contributed by atoms with E-state index in [1.165, 1.54) is 0 Å². The van der Waals surface area contributed by atoms with Gasteiger partial charge in [0.1, 0.15) is 0 Å². The Morgan fingerprint density at radius 2 is 2.05 bits per heavy atom. The van der Waals surface area contributed by atoms with Crippen LogP contribution >= 0.6 is 22.9 Å². The Balaban J connectivity index is 1.84. The Morgan fingerprint density at radius 1 is 1.35 bits per heavy atom. The number of rotatable bonds is 5. The Bertz CT molecular complexity index is 578. The van der Waals surface area contributed by atoms with Crippen LogP contribution in [-0.2, 0) is 11.2 Å². The Kier molecular flexibility index (Phi) is 5.15. The van der Waals surface area contributed by atoms with E-state index in [9.17, 15) is 4.79 Å². The number of anilines is 1. The van der Waals surface area contributed by atoms with Crippen LogP contribution in [0.1, 0.15) is 36.9 Å². The summed E-state index contributed by atoms with van der Waals surface area (Å²) in [6.07, 6.45) is 1.12. The van der Waals surface area contributed by atoms with Crippen molar-refractivity contribution in [2.75, 3.05) is 5.32 Å². The molecule has 0 atom stereocenters. The molecule has 1 aromatic heterocycles. The average molecular weight is 309 g/mol. The molecule has 0 radical (unpaired) electrons. The van der Waals surface area contributed by atoms with Gasteiger partial charge in [0.25, 0.3) is 0 Å². The van der Waals surface area contributed by atoms with E-state index >= 15 is 0 Å². The molecule has 0 unspecified atom stereocenters. The van der Waals surface area contributed by atoms with E-state index in [0.29, 0.717) is 23.8 Å². The zero-order valence-corrected chi connectivity index (χ0v) is 13.1. The number of thiazole rings is 1. The fraction of sp³-hybridized carbons (Fsp3) is 0.333. The number of amides is 1. The highest BCUT2D eigenvalue weighted by Crippen LogP contribution is 2.19. The first-order valence-corrected chi connectivity index (χ1v) is 7.80. The molecule has 2 rings (SSSR count). The monoisotopic (exact) mass is 308 g/mol. The van der Waals surface area contributed by atoms with Crippen molar-refractivity contribution >= 4 is 34.5 Å². The van der Waals surface area contributed by atoms with Gasteiger partial charge in [0.2, 0.25) is 5.91 Å². The third kappa shape index (κ3) is 4.32. The number of hydrogen-bond acceptors (Lipinski definition) is 3. The van der Waals surface area contributed by atoms with Crippen LogP contribution in [0.15, 0.2) is 29.6 Å². The molecule has 0 spiro atoms. The molecule has 20 heavy (non-hydrogen) atoms. The molecule has 0 aliphatic heterocycles. The molecule has 5 heteroatoms. The van der Waals surface area contributed by atoms with Crippen molar-refractivity contribution < 1.29 is 4.79 Å². The lowest BCUT2D eigenvalue weighted by atomic mass is 10.2. The SMILES string of the molecule is CC(C)c1csc(CCC(=O)Nc2ccc(Cl)cc2)n1. The molecular formula is C15H17ClN2OS. The maximum absolute atomic E-state index is 11.8. The molecule has 1 aromatic carbocycles. The van der Waals surface area contributed by atoms with Gasteiger partial charge in [-0.2, -0.15) is 0 Å². The molecule has 106 valence electrons. The zero-order valence-electron chi connectivity index (χ0n) is 11.5. The number of benzene rings is 1. The van der Waals surface area contributed by atoms with Gasteiger partial charge in [-0.25, -0.2) is 4.98 Å². The number of carbonyl (C=O) groups is 1. The fourth-order valence-corrected chi connectivity index (χ4v) is 2.77. The van der Waals surface area contributed by atoms with Crippen molar-refractivity contribution in [3.63, 3.8) is 0 Å². The van der Waals surface area contributed by atoms with Crippen LogP contribution in [-0.4, -0.2) is 10.9 Å². The highest BCUT2D eigenvalue weighted by molar-refractivity contribution is 7.09. The lowest BCUT2D eigenvalue weighted by Crippen LogP contribution is -2.12. The zero-order chi connectivity index (χ0) is 14.5. The maximum atomic E-state index is 11.8. The van der Waals surface area contributed by atoms with Gasteiger partial charge in [-0.3, -0.25) is 4.79 Å². The number of nitrogens with zero attached hydrogens (tertiary/aromatic N) is 1. The topological polar surface area (TPSA) is 42.0 Å². The van der Waals surface area contributed by atoms with Crippen molar-refractivity contribution in [3.8, 4) is 0 Å². The summed E-state index contributed by atoms with van der Waals surface area (Å²) in [4.78, 5) is 16.4. The summed E-state index contributed by atoms with van der Waals surface area (Å²) >= 11 is 7.42. The number of nitrogens with one attached hydrogen (secondary N) is 1. The summed E-state index contributed by atoms with van der Waals surface area (Å²) in [6, 6.07) is 7.10. The van der Waals surface area contributed by atoms with Crippen LogP contribution in [0.4, 0.5) is 5.69 Å². The molecule has 1 N–H and O–H groups in total. The van der Waals surface area contributed by atoms with E-state index in [1.807, 2.05) is 0 Å². The molecule has 1 heterocycles. The van der Waals surface area contributed by atoms with Crippen LogP contribution < -0.4 is 5.32 Å². The minimum absolute atomic E-state index is 0.00591. The van der Waals surface area contributed by atoms with Crippen molar-refractivity contribution in [3.05, 3.63) is 45.4 Å². The number of hydrogen-bond donors (Lipinski definition) is 1. The summed E-state index contributed by atoms with van der Waals surface area (Å²) in [6.45, 7) is 4.23. The lowest BCUT2D eigenvalue weighted by molar-refractivity contribution is -0.116. The first-order chi connectivity index (χ1) is 9.54. The van der Waals surface area contributed by atoms with Crippen LogP contribution in [0.5, 0.6) is 0 Å². The minimum Gasteiger partial charge on any atom is -0.326 e. The normalized spacial score (nSPS) is 10.8. The van der Waals surface area contributed by atoms with Crippen molar-refractivity contribution in [2.45, 2.75) is 32.6 Å². The lowest BCUT2D eigenvalue weighted by Gasteiger charge is -2.04. The minimum atomic E-state index is -0.00591. The molecule has 0 saturated heterocycles. The first kappa shape index (κ1) is 15.0. The molecular weight excluding hydrogens is 292 g/mol. The number of aromatic nitrogens is 1.